The molecule has 0 unspecified atom stereocenters. The minimum absolute atomic E-state index is 0.0692. The van der Waals surface area contributed by atoms with Gasteiger partial charge < -0.3 is 19.5 Å². The Bertz CT molecular complexity index is 878. The quantitative estimate of drug-likeness (QED) is 0.843. The fourth-order valence-electron chi connectivity index (χ4n) is 2.56. The Kier molecular flexibility index (Phi) is 4.55. The molecule has 130 valence electrons. The number of ether oxygens (including phenoxy) is 3. The fourth-order valence-corrected chi connectivity index (χ4v) is 2.82. The number of aryl methyl sites for hydroxylation is 1. The predicted octanol–water partition coefficient (Wildman–Crippen LogP) is 3.72. The van der Waals surface area contributed by atoms with Crippen LogP contribution in [-0.4, -0.2) is 25.8 Å². The molecular weight excluding hydrogens is 346 g/mol. The molecule has 0 aromatic heterocycles. The van der Waals surface area contributed by atoms with E-state index >= 15 is 0 Å². The molecule has 0 bridgehead atoms. The molecule has 0 saturated heterocycles. The van der Waals surface area contributed by atoms with E-state index < -0.39 is 5.97 Å². The number of hydrogen-bond acceptors (Lipinski definition) is 5. The van der Waals surface area contributed by atoms with Crippen molar-refractivity contribution < 1.29 is 23.8 Å². The van der Waals surface area contributed by atoms with Crippen molar-refractivity contribution in [2.24, 2.45) is 0 Å². The van der Waals surface area contributed by atoms with Crippen molar-refractivity contribution in [2.45, 2.75) is 13.8 Å². The van der Waals surface area contributed by atoms with Crippen LogP contribution < -0.4 is 14.8 Å². The first-order valence-corrected chi connectivity index (χ1v) is 7.88. The van der Waals surface area contributed by atoms with Gasteiger partial charge in [0.15, 0.2) is 11.5 Å². The second-order valence-corrected chi connectivity index (χ2v) is 6.01. The van der Waals surface area contributed by atoms with Gasteiger partial charge in [0.25, 0.3) is 5.91 Å². The van der Waals surface area contributed by atoms with Crippen LogP contribution in [0.25, 0.3) is 0 Å². The SMILES string of the molecule is COC(=O)c1cc(NC(=O)c2cc(Cl)c3c(c2)OCO3)cc(C)c1C. The monoisotopic (exact) mass is 361 g/mol. The van der Waals surface area contributed by atoms with Gasteiger partial charge in [0.2, 0.25) is 6.79 Å². The fraction of sp³-hybridized carbons (Fsp3) is 0.222. The van der Waals surface area contributed by atoms with Crippen LogP contribution >= 0.6 is 11.6 Å². The van der Waals surface area contributed by atoms with E-state index in [2.05, 4.69) is 5.32 Å². The molecule has 3 rings (SSSR count). The van der Waals surface area contributed by atoms with Gasteiger partial charge in [-0.1, -0.05) is 11.6 Å². The highest BCUT2D eigenvalue weighted by molar-refractivity contribution is 6.32. The van der Waals surface area contributed by atoms with Gasteiger partial charge in [-0.3, -0.25) is 4.79 Å². The zero-order valence-electron chi connectivity index (χ0n) is 13.9. The van der Waals surface area contributed by atoms with Crippen molar-refractivity contribution in [3.05, 3.63) is 51.5 Å². The first kappa shape index (κ1) is 17.1. The number of benzene rings is 2. The molecule has 1 aliphatic heterocycles. The molecule has 0 saturated carbocycles. The van der Waals surface area contributed by atoms with Crippen molar-refractivity contribution >= 4 is 29.2 Å². The third-order valence-corrected chi connectivity index (χ3v) is 4.30. The lowest BCUT2D eigenvalue weighted by Gasteiger charge is -2.12. The van der Waals surface area contributed by atoms with Gasteiger partial charge in [0.1, 0.15) is 0 Å². The largest absolute Gasteiger partial charge is 0.465 e. The van der Waals surface area contributed by atoms with Crippen LogP contribution in [0.15, 0.2) is 24.3 Å². The summed E-state index contributed by atoms with van der Waals surface area (Å²) >= 11 is 6.11. The summed E-state index contributed by atoms with van der Waals surface area (Å²) in [6.07, 6.45) is 0. The van der Waals surface area contributed by atoms with Gasteiger partial charge in [0.05, 0.1) is 17.7 Å². The molecule has 1 heterocycles. The molecule has 6 nitrogen and oxygen atoms in total. The molecule has 0 spiro atoms. The number of fused-ring (bicyclic) bond motifs is 1. The van der Waals surface area contributed by atoms with Crippen LogP contribution in [0.5, 0.6) is 11.5 Å². The summed E-state index contributed by atoms with van der Waals surface area (Å²) in [5, 5.41) is 3.06. The maximum atomic E-state index is 12.5. The molecule has 0 radical (unpaired) electrons. The molecule has 25 heavy (non-hydrogen) atoms. The van der Waals surface area contributed by atoms with Gasteiger partial charge in [-0.05, 0) is 49.2 Å². The van der Waals surface area contributed by atoms with Gasteiger partial charge >= 0.3 is 5.97 Å². The lowest BCUT2D eigenvalue weighted by atomic mass is 10.0. The molecule has 1 amide bonds. The Balaban J connectivity index is 1.90. The van der Waals surface area contributed by atoms with Gasteiger partial charge in [-0.25, -0.2) is 4.79 Å². The van der Waals surface area contributed by atoms with E-state index in [0.717, 1.165) is 11.1 Å². The summed E-state index contributed by atoms with van der Waals surface area (Å²) in [5.41, 5.74) is 2.88. The van der Waals surface area contributed by atoms with E-state index in [4.69, 9.17) is 25.8 Å². The van der Waals surface area contributed by atoms with Gasteiger partial charge in [-0.15, -0.1) is 0 Å². The molecule has 1 aliphatic rings. The summed E-state index contributed by atoms with van der Waals surface area (Å²) in [5.74, 6) is 0.0208. The summed E-state index contributed by atoms with van der Waals surface area (Å²) < 4.78 is 15.3. The first-order valence-electron chi connectivity index (χ1n) is 7.50. The Labute approximate surface area is 149 Å². The second-order valence-electron chi connectivity index (χ2n) is 5.60. The van der Waals surface area contributed by atoms with Crippen molar-refractivity contribution in [1.82, 2.24) is 0 Å². The highest BCUT2D eigenvalue weighted by atomic mass is 35.5. The lowest BCUT2D eigenvalue weighted by Crippen LogP contribution is -2.14. The number of carbonyl (C=O) groups excluding carboxylic acids is 2. The third-order valence-electron chi connectivity index (χ3n) is 4.02. The number of methoxy groups -OCH3 is 1. The molecular formula is C18H16ClNO5. The summed E-state index contributed by atoms with van der Waals surface area (Å²) in [4.78, 5) is 24.4. The molecule has 0 fully saturated rings. The topological polar surface area (TPSA) is 73.9 Å². The number of halogens is 1. The third kappa shape index (κ3) is 3.25. The van der Waals surface area contributed by atoms with Crippen LogP contribution in [0.1, 0.15) is 31.8 Å². The van der Waals surface area contributed by atoms with Crippen LogP contribution in [-0.2, 0) is 4.74 Å². The highest BCUT2D eigenvalue weighted by Crippen LogP contribution is 2.39. The first-order chi connectivity index (χ1) is 11.9. The standard InChI is InChI=1S/C18H16ClNO5/c1-9-4-12(7-13(10(9)2)18(22)23-3)20-17(21)11-5-14(19)16-15(6-11)24-8-25-16/h4-7H,8H2,1-3H3,(H,20,21). The van der Waals surface area contributed by atoms with Crippen molar-refractivity contribution in [2.75, 3.05) is 19.2 Å². The zero-order chi connectivity index (χ0) is 18.1. The van der Waals surface area contributed by atoms with Crippen LogP contribution in [0.3, 0.4) is 0 Å². The van der Waals surface area contributed by atoms with Crippen LogP contribution in [0.4, 0.5) is 5.69 Å². The Morgan fingerprint density at radius 3 is 2.64 bits per heavy atom. The van der Waals surface area contributed by atoms with E-state index in [0.29, 0.717) is 33.3 Å². The molecule has 0 atom stereocenters. The van der Waals surface area contributed by atoms with Crippen molar-refractivity contribution in [3.63, 3.8) is 0 Å². The predicted molar refractivity (Wildman–Crippen MR) is 92.8 cm³/mol. The summed E-state index contributed by atoms with van der Waals surface area (Å²) in [6.45, 7) is 3.75. The number of rotatable bonds is 3. The minimum atomic E-state index is -0.456. The molecule has 2 aromatic rings. The lowest BCUT2D eigenvalue weighted by molar-refractivity contribution is 0.0599. The van der Waals surface area contributed by atoms with E-state index in [9.17, 15) is 9.59 Å². The smallest absolute Gasteiger partial charge is 0.338 e. The number of carbonyl (C=O) groups is 2. The number of nitrogens with one attached hydrogen (secondary N) is 1. The van der Waals surface area contributed by atoms with Crippen LogP contribution in [0, 0.1) is 13.8 Å². The van der Waals surface area contributed by atoms with Crippen molar-refractivity contribution in [3.8, 4) is 11.5 Å². The molecule has 2 aromatic carbocycles. The van der Waals surface area contributed by atoms with Gasteiger partial charge in [0, 0.05) is 11.3 Å². The molecule has 0 aliphatic carbocycles. The Morgan fingerprint density at radius 1 is 1.16 bits per heavy atom. The van der Waals surface area contributed by atoms with E-state index in [-0.39, 0.29) is 12.7 Å². The number of hydrogen-bond donors (Lipinski definition) is 1. The van der Waals surface area contributed by atoms with E-state index in [1.807, 2.05) is 13.8 Å². The van der Waals surface area contributed by atoms with Crippen molar-refractivity contribution in [1.29, 1.82) is 0 Å². The normalized spacial score (nSPS) is 12.0. The Morgan fingerprint density at radius 2 is 1.92 bits per heavy atom. The number of amides is 1. The highest BCUT2D eigenvalue weighted by Gasteiger charge is 2.21. The Hall–Kier alpha value is -2.73. The minimum Gasteiger partial charge on any atom is -0.465 e. The number of anilines is 1. The zero-order valence-corrected chi connectivity index (χ0v) is 14.7. The summed E-state index contributed by atoms with van der Waals surface area (Å²) in [7, 11) is 1.32. The second kappa shape index (κ2) is 6.64. The maximum absolute atomic E-state index is 12.5. The molecule has 1 N–H and O–H groups in total. The summed E-state index contributed by atoms with van der Waals surface area (Å²) in [6, 6.07) is 6.44. The van der Waals surface area contributed by atoms with Crippen LogP contribution in [0.2, 0.25) is 5.02 Å². The van der Waals surface area contributed by atoms with Gasteiger partial charge in [-0.2, -0.15) is 0 Å². The average molecular weight is 362 g/mol. The van der Waals surface area contributed by atoms with E-state index in [1.54, 1.807) is 18.2 Å². The maximum Gasteiger partial charge on any atom is 0.338 e. The average Bonchev–Trinajstić information content (AvgIpc) is 3.06. The number of esters is 1. The molecule has 7 heteroatoms. The van der Waals surface area contributed by atoms with E-state index in [1.165, 1.54) is 13.2 Å².